The van der Waals surface area contributed by atoms with Gasteiger partial charge in [0.1, 0.15) is 5.75 Å². The number of piperazine rings is 1. The molecule has 2 unspecified atom stereocenters. The fraction of sp³-hybridized carbons (Fsp3) is 0.650. The molecule has 5 heteroatoms. The molecule has 1 aromatic rings. The van der Waals surface area contributed by atoms with Crippen molar-refractivity contribution < 1.29 is 9.53 Å². The Morgan fingerprint density at radius 1 is 1.16 bits per heavy atom. The second kappa shape index (κ2) is 8.45. The third-order valence-electron chi connectivity index (χ3n) is 5.49. The number of benzene rings is 1. The van der Waals surface area contributed by atoms with E-state index in [4.69, 9.17) is 4.74 Å². The molecule has 5 nitrogen and oxygen atoms in total. The van der Waals surface area contributed by atoms with Crippen LogP contribution in [0, 0.1) is 5.92 Å². The Hall–Kier alpha value is -1.91. The molecule has 1 saturated carbocycles. The second-order valence-electron chi connectivity index (χ2n) is 7.19. The van der Waals surface area contributed by atoms with Gasteiger partial charge in [-0.1, -0.05) is 31.9 Å². The van der Waals surface area contributed by atoms with E-state index in [1.54, 1.807) is 0 Å². The molecule has 1 aliphatic carbocycles. The fourth-order valence-electron chi connectivity index (χ4n) is 3.93. The third-order valence-corrected chi connectivity index (χ3v) is 5.49. The zero-order valence-corrected chi connectivity index (χ0v) is 15.5. The van der Waals surface area contributed by atoms with Crippen molar-refractivity contribution in [3.63, 3.8) is 0 Å². The number of rotatable bonds is 4. The molecule has 2 atom stereocenters. The first-order chi connectivity index (χ1) is 12.2. The van der Waals surface area contributed by atoms with Crippen molar-refractivity contribution in [3.05, 3.63) is 24.3 Å². The van der Waals surface area contributed by atoms with E-state index in [9.17, 15) is 4.79 Å². The maximum Gasteiger partial charge on any atom is 0.317 e. The highest BCUT2D eigenvalue weighted by atomic mass is 16.5. The zero-order valence-electron chi connectivity index (χ0n) is 15.5. The van der Waals surface area contributed by atoms with E-state index in [1.165, 1.54) is 19.3 Å². The first-order valence-corrected chi connectivity index (χ1v) is 9.71. The number of ether oxygens (including phenoxy) is 1. The summed E-state index contributed by atoms with van der Waals surface area (Å²) >= 11 is 0. The first-order valence-electron chi connectivity index (χ1n) is 9.71. The molecule has 3 rings (SSSR count). The molecular formula is C20H31N3O2. The van der Waals surface area contributed by atoms with Gasteiger partial charge in [0.15, 0.2) is 0 Å². The zero-order chi connectivity index (χ0) is 17.6. The Kier molecular flexibility index (Phi) is 6.05. The van der Waals surface area contributed by atoms with Crippen LogP contribution in [0.1, 0.15) is 39.5 Å². The summed E-state index contributed by atoms with van der Waals surface area (Å²) in [5.41, 5.74) is 1.13. The standard InChI is InChI=1S/C20H31N3O2/c1-3-25-19-11-7-6-10-18(19)22-12-14-23(15-13-22)20(24)21-17-9-5-4-8-16(17)2/h6-7,10-11,16-17H,3-5,8-9,12-15H2,1-2H3,(H,21,24). The SMILES string of the molecule is CCOc1ccccc1N1CCN(C(=O)NC2CCCCC2C)CC1. The highest BCUT2D eigenvalue weighted by Crippen LogP contribution is 2.29. The molecule has 1 saturated heterocycles. The van der Waals surface area contributed by atoms with Crippen LogP contribution in [0.15, 0.2) is 24.3 Å². The second-order valence-corrected chi connectivity index (χ2v) is 7.19. The van der Waals surface area contributed by atoms with Crippen LogP contribution in [0.2, 0.25) is 0 Å². The minimum Gasteiger partial charge on any atom is -0.492 e. The number of amides is 2. The van der Waals surface area contributed by atoms with Crippen molar-refractivity contribution >= 4 is 11.7 Å². The van der Waals surface area contributed by atoms with E-state index in [0.29, 0.717) is 18.6 Å². The number of carbonyl (C=O) groups excluding carboxylic acids is 1. The topological polar surface area (TPSA) is 44.8 Å². The lowest BCUT2D eigenvalue weighted by atomic mass is 9.86. The highest BCUT2D eigenvalue weighted by Gasteiger charge is 2.27. The van der Waals surface area contributed by atoms with Crippen molar-refractivity contribution in [2.45, 2.75) is 45.6 Å². The van der Waals surface area contributed by atoms with Crippen molar-refractivity contribution in [1.29, 1.82) is 0 Å². The number of hydrogen-bond donors (Lipinski definition) is 1. The van der Waals surface area contributed by atoms with Gasteiger partial charge in [0.2, 0.25) is 0 Å². The van der Waals surface area contributed by atoms with E-state index in [1.807, 2.05) is 30.0 Å². The Bertz CT molecular complexity index is 570. The van der Waals surface area contributed by atoms with Gasteiger partial charge in [0.25, 0.3) is 0 Å². The monoisotopic (exact) mass is 345 g/mol. The normalized spacial score (nSPS) is 24.1. The molecule has 0 bridgehead atoms. The molecule has 1 aliphatic heterocycles. The van der Waals surface area contributed by atoms with Crippen LogP contribution in [-0.4, -0.2) is 49.8 Å². The molecule has 2 fully saturated rings. The van der Waals surface area contributed by atoms with Crippen molar-refractivity contribution in [2.24, 2.45) is 5.92 Å². The summed E-state index contributed by atoms with van der Waals surface area (Å²) < 4.78 is 5.74. The van der Waals surface area contributed by atoms with Crippen molar-refractivity contribution in [3.8, 4) is 5.75 Å². The number of para-hydroxylation sites is 2. The minimum absolute atomic E-state index is 0.108. The molecule has 138 valence electrons. The third kappa shape index (κ3) is 4.39. The van der Waals surface area contributed by atoms with Crippen molar-refractivity contribution in [2.75, 3.05) is 37.7 Å². The number of urea groups is 1. The van der Waals surface area contributed by atoms with Crippen LogP contribution in [0.4, 0.5) is 10.5 Å². The lowest BCUT2D eigenvalue weighted by Crippen LogP contribution is -2.54. The molecule has 1 N–H and O–H groups in total. The Morgan fingerprint density at radius 3 is 2.60 bits per heavy atom. The van der Waals surface area contributed by atoms with Gasteiger partial charge in [0.05, 0.1) is 12.3 Å². The first kappa shape index (κ1) is 17.9. The summed E-state index contributed by atoms with van der Waals surface area (Å²) in [7, 11) is 0. The highest BCUT2D eigenvalue weighted by molar-refractivity contribution is 5.75. The van der Waals surface area contributed by atoms with Gasteiger partial charge in [-0.05, 0) is 37.8 Å². The summed E-state index contributed by atoms with van der Waals surface area (Å²) in [5.74, 6) is 1.52. The number of anilines is 1. The molecule has 1 aromatic carbocycles. The predicted octanol–water partition coefficient (Wildman–Crippen LogP) is 3.50. The predicted molar refractivity (Wildman–Crippen MR) is 101 cm³/mol. The largest absolute Gasteiger partial charge is 0.492 e. The molecule has 0 aromatic heterocycles. The van der Waals surface area contributed by atoms with Gasteiger partial charge in [-0.2, -0.15) is 0 Å². The maximum atomic E-state index is 12.6. The van der Waals surface area contributed by atoms with Gasteiger partial charge >= 0.3 is 6.03 Å². The van der Waals surface area contributed by atoms with Gasteiger partial charge in [-0.3, -0.25) is 0 Å². The summed E-state index contributed by atoms with van der Waals surface area (Å²) in [4.78, 5) is 16.9. The van der Waals surface area contributed by atoms with Crippen LogP contribution < -0.4 is 15.0 Å². The number of carbonyl (C=O) groups is 1. The summed E-state index contributed by atoms with van der Waals surface area (Å²) in [6.45, 7) is 8.13. The Morgan fingerprint density at radius 2 is 1.88 bits per heavy atom. The number of nitrogens with one attached hydrogen (secondary N) is 1. The molecule has 0 spiro atoms. The molecule has 2 amide bonds. The Labute approximate surface area is 151 Å². The average Bonchev–Trinajstić information content (AvgIpc) is 2.64. The molecule has 2 aliphatic rings. The fourth-order valence-corrected chi connectivity index (χ4v) is 3.93. The lowest BCUT2D eigenvalue weighted by molar-refractivity contribution is 0.179. The van der Waals surface area contributed by atoms with E-state index in [0.717, 1.165) is 44.0 Å². The Balaban J connectivity index is 1.54. The number of hydrogen-bond acceptors (Lipinski definition) is 3. The van der Waals surface area contributed by atoms with Crippen LogP contribution in [0.3, 0.4) is 0 Å². The van der Waals surface area contributed by atoms with Gasteiger partial charge in [-0.25, -0.2) is 4.79 Å². The van der Waals surface area contributed by atoms with Gasteiger partial charge < -0.3 is 19.9 Å². The van der Waals surface area contributed by atoms with E-state index in [2.05, 4.69) is 23.2 Å². The van der Waals surface area contributed by atoms with E-state index >= 15 is 0 Å². The molecular weight excluding hydrogens is 314 g/mol. The number of nitrogens with zero attached hydrogens (tertiary/aromatic N) is 2. The van der Waals surface area contributed by atoms with Crippen LogP contribution in [-0.2, 0) is 0 Å². The van der Waals surface area contributed by atoms with Crippen LogP contribution in [0.5, 0.6) is 5.75 Å². The molecule has 25 heavy (non-hydrogen) atoms. The van der Waals surface area contributed by atoms with E-state index in [-0.39, 0.29) is 6.03 Å². The van der Waals surface area contributed by atoms with Gasteiger partial charge in [-0.15, -0.1) is 0 Å². The van der Waals surface area contributed by atoms with Crippen molar-refractivity contribution in [1.82, 2.24) is 10.2 Å². The quantitative estimate of drug-likeness (QED) is 0.908. The lowest BCUT2D eigenvalue weighted by Gasteiger charge is -2.38. The smallest absolute Gasteiger partial charge is 0.317 e. The molecule has 0 radical (unpaired) electrons. The van der Waals surface area contributed by atoms with Crippen LogP contribution in [0.25, 0.3) is 0 Å². The van der Waals surface area contributed by atoms with Gasteiger partial charge in [0, 0.05) is 32.2 Å². The summed E-state index contributed by atoms with van der Waals surface area (Å²) in [5, 5.41) is 3.27. The molecule has 1 heterocycles. The summed E-state index contributed by atoms with van der Waals surface area (Å²) in [6, 6.07) is 8.62. The summed E-state index contributed by atoms with van der Waals surface area (Å²) in [6.07, 6.45) is 4.88. The van der Waals surface area contributed by atoms with E-state index < -0.39 is 0 Å². The minimum atomic E-state index is 0.108. The average molecular weight is 345 g/mol. The van der Waals surface area contributed by atoms with Crippen LogP contribution >= 0.6 is 0 Å². The maximum absolute atomic E-state index is 12.6.